The van der Waals surface area contributed by atoms with Gasteiger partial charge in [-0.25, -0.2) is 0 Å². The van der Waals surface area contributed by atoms with Gasteiger partial charge in [0.05, 0.1) is 12.0 Å². The maximum Gasteiger partial charge on any atom is 0.331 e. The predicted molar refractivity (Wildman–Crippen MR) is 82.7 cm³/mol. The Morgan fingerprint density at radius 3 is 2.06 bits per heavy atom. The highest BCUT2D eigenvalue weighted by molar-refractivity contribution is 6.64. The van der Waals surface area contributed by atoms with E-state index >= 15 is 0 Å². The van der Waals surface area contributed by atoms with Crippen LogP contribution >= 0.6 is 11.6 Å². The van der Waals surface area contributed by atoms with Crippen LogP contribution in [-0.2, 0) is 8.85 Å². The van der Waals surface area contributed by atoms with Gasteiger partial charge in [-0.3, -0.25) is 0 Å². The molecule has 0 aliphatic carbocycles. The number of hydrogen-bond donors (Lipinski definition) is 0. The fourth-order valence-electron chi connectivity index (χ4n) is 1.73. The highest BCUT2D eigenvalue weighted by atomic mass is 35.5. The Morgan fingerprint density at radius 2 is 1.50 bits per heavy atom. The molecule has 0 bridgehead atoms. The summed E-state index contributed by atoms with van der Waals surface area (Å²) in [6.07, 6.45) is 9.22. The lowest BCUT2D eigenvalue weighted by Crippen LogP contribution is -2.36. The Bertz CT molecular complexity index is 187. The summed E-state index contributed by atoms with van der Waals surface area (Å²) >= 11 is 5.87. The molecule has 0 aromatic heterocycles. The standard InChI is InChI=1S/C14H31ClO2Si/c1-5-6-7-8-9-10-11-12-16-18(3,4)17-13-14(2)15/h14H,5-13H2,1-4H3. The summed E-state index contributed by atoms with van der Waals surface area (Å²) in [7, 11) is -1.93. The van der Waals surface area contributed by atoms with E-state index < -0.39 is 8.56 Å². The molecular weight excluding hydrogens is 264 g/mol. The second-order valence-electron chi connectivity index (χ2n) is 5.46. The predicted octanol–water partition coefficient (Wildman–Crippen LogP) is 5.10. The van der Waals surface area contributed by atoms with Crippen molar-refractivity contribution in [1.82, 2.24) is 0 Å². The van der Waals surface area contributed by atoms with Gasteiger partial charge in [-0.05, 0) is 26.4 Å². The van der Waals surface area contributed by atoms with Gasteiger partial charge < -0.3 is 8.85 Å². The zero-order valence-electron chi connectivity index (χ0n) is 12.6. The SMILES string of the molecule is CCCCCCCCCO[Si](C)(C)OCC(C)Cl. The third kappa shape index (κ3) is 12.9. The van der Waals surface area contributed by atoms with Crippen LogP contribution < -0.4 is 0 Å². The molecule has 1 unspecified atom stereocenters. The number of rotatable bonds is 12. The minimum atomic E-state index is -1.93. The maximum absolute atomic E-state index is 5.87. The van der Waals surface area contributed by atoms with Crippen molar-refractivity contribution >= 4 is 20.2 Å². The summed E-state index contributed by atoms with van der Waals surface area (Å²) in [6, 6.07) is 0. The largest absolute Gasteiger partial charge is 0.395 e. The number of unbranched alkanes of at least 4 members (excludes halogenated alkanes) is 6. The topological polar surface area (TPSA) is 18.5 Å². The van der Waals surface area contributed by atoms with Crippen molar-refractivity contribution in [2.24, 2.45) is 0 Å². The normalized spacial score (nSPS) is 13.8. The van der Waals surface area contributed by atoms with Crippen LogP contribution in [0.1, 0.15) is 58.8 Å². The molecule has 0 rings (SSSR count). The van der Waals surface area contributed by atoms with E-state index in [0.29, 0.717) is 6.61 Å². The van der Waals surface area contributed by atoms with Gasteiger partial charge in [-0.2, -0.15) is 0 Å². The molecule has 0 spiro atoms. The molecule has 0 amide bonds. The highest BCUT2D eigenvalue weighted by Gasteiger charge is 2.24. The molecule has 4 heteroatoms. The summed E-state index contributed by atoms with van der Waals surface area (Å²) in [5.41, 5.74) is 0. The van der Waals surface area contributed by atoms with E-state index in [9.17, 15) is 0 Å². The van der Waals surface area contributed by atoms with Gasteiger partial charge in [0.2, 0.25) is 0 Å². The number of hydrogen-bond acceptors (Lipinski definition) is 2. The lowest BCUT2D eigenvalue weighted by molar-refractivity contribution is 0.177. The quantitative estimate of drug-likeness (QED) is 0.283. The first kappa shape index (κ1) is 18.4. The molecule has 0 saturated heterocycles. The summed E-state index contributed by atoms with van der Waals surface area (Å²) in [4.78, 5) is 0. The Balaban J connectivity index is 3.35. The first-order valence-electron chi connectivity index (χ1n) is 7.40. The number of halogens is 1. The van der Waals surface area contributed by atoms with Gasteiger partial charge in [0.1, 0.15) is 0 Å². The second kappa shape index (κ2) is 11.3. The first-order chi connectivity index (χ1) is 8.48. The summed E-state index contributed by atoms with van der Waals surface area (Å²) < 4.78 is 11.6. The van der Waals surface area contributed by atoms with Gasteiger partial charge in [0.15, 0.2) is 0 Å². The van der Waals surface area contributed by atoms with Crippen LogP contribution in [0.5, 0.6) is 0 Å². The Labute approximate surface area is 120 Å². The molecule has 0 N–H and O–H groups in total. The average molecular weight is 295 g/mol. The third-order valence-corrected chi connectivity index (χ3v) is 4.75. The zero-order chi connectivity index (χ0) is 13.9. The first-order valence-corrected chi connectivity index (χ1v) is 10.6. The lowest BCUT2D eigenvalue weighted by Gasteiger charge is -2.23. The monoisotopic (exact) mass is 294 g/mol. The van der Waals surface area contributed by atoms with Crippen molar-refractivity contribution in [1.29, 1.82) is 0 Å². The van der Waals surface area contributed by atoms with Gasteiger partial charge in [-0.1, -0.05) is 45.4 Å². The Hall–Kier alpha value is 0.427. The van der Waals surface area contributed by atoms with Crippen LogP contribution in [0.4, 0.5) is 0 Å². The summed E-state index contributed by atoms with van der Waals surface area (Å²) in [6.45, 7) is 9.81. The molecular formula is C14H31ClO2Si. The zero-order valence-corrected chi connectivity index (χ0v) is 14.4. The van der Waals surface area contributed by atoms with Crippen molar-refractivity contribution in [2.45, 2.75) is 77.3 Å². The van der Waals surface area contributed by atoms with Crippen molar-refractivity contribution in [3.05, 3.63) is 0 Å². The van der Waals surface area contributed by atoms with Gasteiger partial charge in [0.25, 0.3) is 0 Å². The van der Waals surface area contributed by atoms with Crippen LogP contribution in [0.2, 0.25) is 13.1 Å². The molecule has 2 nitrogen and oxygen atoms in total. The molecule has 0 radical (unpaired) electrons. The fraction of sp³-hybridized carbons (Fsp3) is 1.00. The molecule has 0 fully saturated rings. The van der Waals surface area contributed by atoms with E-state index in [-0.39, 0.29) is 5.38 Å². The summed E-state index contributed by atoms with van der Waals surface area (Å²) in [5.74, 6) is 0. The van der Waals surface area contributed by atoms with Crippen LogP contribution in [0, 0.1) is 0 Å². The van der Waals surface area contributed by atoms with Crippen molar-refractivity contribution in [2.75, 3.05) is 13.2 Å². The molecule has 0 aliphatic rings. The Morgan fingerprint density at radius 1 is 0.944 bits per heavy atom. The van der Waals surface area contributed by atoms with Gasteiger partial charge >= 0.3 is 8.56 Å². The van der Waals surface area contributed by atoms with Crippen molar-refractivity contribution in [3.63, 3.8) is 0 Å². The molecule has 1 atom stereocenters. The second-order valence-corrected chi connectivity index (χ2v) is 9.58. The third-order valence-electron chi connectivity index (χ3n) is 2.86. The van der Waals surface area contributed by atoms with E-state index in [0.717, 1.165) is 13.0 Å². The van der Waals surface area contributed by atoms with E-state index in [2.05, 4.69) is 20.0 Å². The molecule has 18 heavy (non-hydrogen) atoms. The fourth-order valence-corrected chi connectivity index (χ4v) is 3.27. The molecule has 0 aromatic carbocycles. The smallest absolute Gasteiger partial charge is 0.331 e. The summed E-state index contributed by atoms with van der Waals surface area (Å²) in [5, 5.41) is 0.0685. The Kier molecular flexibility index (Phi) is 11.5. The van der Waals surface area contributed by atoms with Crippen molar-refractivity contribution < 1.29 is 8.85 Å². The highest BCUT2D eigenvalue weighted by Crippen LogP contribution is 2.11. The van der Waals surface area contributed by atoms with Crippen LogP contribution in [0.3, 0.4) is 0 Å². The van der Waals surface area contributed by atoms with E-state index in [4.69, 9.17) is 20.5 Å². The molecule has 110 valence electrons. The molecule has 0 aliphatic heterocycles. The van der Waals surface area contributed by atoms with Crippen LogP contribution in [-0.4, -0.2) is 27.2 Å². The average Bonchev–Trinajstić information content (AvgIpc) is 2.30. The molecule has 0 aromatic rings. The molecule has 0 heterocycles. The minimum Gasteiger partial charge on any atom is -0.395 e. The van der Waals surface area contributed by atoms with E-state index in [1.54, 1.807) is 0 Å². The van der Waals surface area contributed by atoms with Crippen LogP contribution in [0.25, 0.3) is 0 Å². The van der Waals surface area contributed by atoms with Gasteiger partial charge in [-0.15, -0.1) is 11.6 Å². The van der Waals surface area contributed by atoms with Gasteiger partial charge in [0, 0.05) is 6.61 Å². The van der Waals surface area contributed by atoms with E-state index in [1.165, 1.54) is 38.5 Å². The van der Waals surface area contributed by atoms with Crippen LogP contribution in [0.15, 0.2) is 0 Å². The molecule has 0 saturated carbocycles. The van der Waals surface area contributed by atoms with Crippen molar-refractivity contribution in [3.8, 4) is 0 Å². The number of alkyl halides is 1. The lowest BCUT2D eigenvalue weighted by atomic mass is 10.1. The minimum absolute atomic E-state index is 0.0685. The van der Waals surface area contributed by atoms with E-state index in [1.807, 2.05) is 6.92 Å². The maximum atomic E-state index is 5.87.